The quantitative estimate of drug-likeness (QED) is 0.751. The first-order chi connectivity index (χ1) is 7.59. The molecule has 16 heavy (non-hydrogen) atoms. The van der Waals surface area contributed by atoms with Crippen LogP contribution in [0.2, 0.25) is 0 Å². The summed E-state index contributed by atoms with van der Waals surface area (Å²) >= 11 is 0. The second kappa shape index (κ2) is 3.84. The van der Waals surface area contributed by atoms with Crippen molar-refractivity contribution < 1.29 is 19.8 Å². The maximum Gasteiger partial charge on any atom is 0.411 e. The van der Waals surface area contributed by atoms with Crippen molar-refractivity contribution in [1.29, 1.82) is 0 Å². The molecule has 5 nitrogen and oxygen atoms in total. The van der Waals surface area contributed by atoms with Gasteiger partial charge in [0.25, 0.3) is 0 Å². The first-order valence-corrected chi connectivity index (χ1v) is 4.90. The third kappa shape index (κ3) is 1.71. The van der Waals surface area contributed by atoms with E-state index >= 15 is 0 Å². The monoisotopic (exact) mass is 221 g/mol. The molecular formula is C11H11NO4. The Balaban J connectivity index is 2.41. The molecule has 5 heteroatoms. The van der Waals surface area contributed by atoms with Crippen molar-refractivity contribution in [3.63, 3.8) is 0 Å². The van der Waals surface area contributed by atoms with Gasteiger partial charge in [0.05, 0.1) is 11.6 Å². The van der Waals surface area contributed by atoms with Crippen LogP contribution in [-0.4, -0.2) is 28.8 Å². The SMILES string of the molecule is O=C(O)C1Cc2ccccc2N(C(=O)O)C1. The van der Waals surface area contributed by atoms with Gasteiger partial charge < -0.3 is 10.2 Å². The van der Waals surface area contributed by atoms with Crippen LogP contribution < -0.4 is 4.90 Å². The number of aliphatic carboxylic acids is 1. The fourth-order valence-corrected chi connectivity index (χ4v) is 1.94. The summed E-state index contributed by atoms with van der Waals surface area (Å²) in [4.78, 5) is 23.0. The lowest BCUT2D eigenvalue weighted by atomic mass is 9.93. The second-order valence-corrected chi connectivity index (χ2v) is 3.76. The van der Waals surface area contributed by atoms with Crippen LogP contribution in [0.3, 0.4) is 0 Å². The van der Waals surface area contributed by atoms with Gasteiger partial charge in [-0.3, -0.25) is 9.69 Å². The summed E-state index contributed by atoms with van der Waals surface area (Å²) in [6, 6.07) is 6.99. The van der Waals surface area contributed by atoms with Crippen LogP contribution in [0.15, 0.2) is 24.3 Å². The minimum absolute atomic E-state index is 0.0156. The Hall–Kier alpha value is -2.04. The predicted octanol–water partition coefficient (Wildman–Crippen LogP) is 1.43. The van der Waals surface area contributed by atoms with E-state index in [0.29, 0.717) is 12.1 Å². The van der Waals surface area contributed by atoms with Crippen molar-refractivity contribution in [3.8, 4) is 0 Å². The largest absolute Gasteiger partial charge is 0.481 e. The third-order valence-corrected chi connectivity index (χ3v) is 2.73. The Labute approximate surface area is 91.9 Å². The van der Waals surface area contributed by atoms with Crippen LogP contribution in [0.5, 0.6) is 0 Å². The summed E-state index contributed by atoms with van der Waals surface area (Å²) in [5.41, 5.74) is 1.36. The summed E-state index contributed by atoms with van der Waals surface area (Å²) < 4.78 is 0. The van der Waals surface area contributed by atoms with Gasteiger partial charge in [-0.1, -0.05) is 18.2 Å². The van der Waals surface area contributed by atoms with E-state index in [1.165, 1.54) is 0 Å². The highest BCUT2D eigenvalue weighted by Gasteiger charge is 2.31. The van der Waals surface area contributed by atoms with Gasteiger partial charge in [0, 0.05) is 6.54 Å². The van der Waals surface area contributed by atoms with E-state index in [-0.39, 0.29) is 6.54 Å². The molecule has 0 aromatic heterocycles. The van der Waals surface area contributed by atoms with Crippen LogP contribution in [0.25, 0.3) is 0 Å². The lowest BCUT2D eigenvalue weighted by Gasteiger charge is -2.30. The van der Waals surface area contributed by atoms with Crippen LogP contribution in [-0.2, 0) is 11.2 Å². The topological polar surface area (TPSA) is 77.8 Å². The summed E-state index contributed by atoms with van der Waals surface area (Å²) in [6.07, 6.45) is -0.728. The molecule has 0 spiro atoms. The predicted molar refractivity (Wildman–Crippen MR) is 56.6 cm³/mol. The Morgan fingerprint density at radius 3 is 2.56 bits per heavy atom. The normalized spacial score (nSPS) is 19.0. The second-order valence-electron chi connectivity index (χ2n) is 3.76. The molecule has 1 atom stereocenters. The Bertz CT molecular complexity index is 443. The van der Waals surface area contributed by atoms with Crippen molar-refractivity contribution in [2.45, 2.75) is 6.42 Å². The van der Waals surface area contributed by atoms with Crippen molar-refractivity contribution in [2.75, 3.05) is 11.4 Å². The van der Waals surface area contributed by atoms with Crippen molar-refractivity contribution in [1.82, 2.24) is 0 Å². The molecule has 1 amide bonds. The average Bonchev–Trinajstić information content (AvgIpc) is 2.27. The summed E-state index contributed by atoms with van der Waals surface area (Å²) in [5.74, 6) is -1.62. The minimum Gasteiger partial charge on any atom is -0.481 e. The zero-order valence-corrected chi connectivity index (χ0v) is 8.46. The highest BCUT2D eigenvalue weighted by molar-refractivity contribution is 5.89. The molecule has 0 fully saturated rings. The Morgan fingerprint density at radius 2 is 1.94 bits per heavy atom. The molecule has 1 aromatic rings. The van der Waals surface area contributed by atoms with Crippen molar-refractivity contribution >= 4 is 17.7 Å². The smallest absolute Gasteiger partial charge is 0.411 e. The zero-order chi connectivity index (χ0) is 11.7. The molecule has 1 aliphatic rings. The van der Waals surface area contributed by atoms with Crippen LogP contribution in [0.4, 0.5) is 10.5 Å². The zero-order valence-electron chi connectivity index (χ0n) is 8.46. The highest BCUT2D eigenvalue weighted by atomic mass is 16.4. The van der Waals surface area contributed by atoms with E-state index in [4.69, 9.17) is 10.2 Å². The molecule has 1 aromatic carbocycles. The van der Waals surface area contributed by atoms with E-state index in [2.05, 4.69) is 0 Å². The molecule has 0 saturated heterocycles. The molecule has 0 aliphatic carbocycles. The van der Waals surface area contributed by atoms with Crippen LogP contribution in [0, 0.1) is 5.92 Å². The van der Waals surface area contributed by atoms with Gasteiger partial charge in [-0.2, -0.15) is 0 Å². The minimum atomic E-state index is -1.11. The molecule has 2 rings (SSSR count). The third-order valence-electron chi connectivity index (χ3n) is 2.73. The van der Waals surface area contributed by atoms with Gasteiger partial charge in [0.2, 0.25) is 0 Å². The number of carboxylic acids is 1. The van der Waals surface area contributed by atoms with Gasteiger partial charge in [0.1, 0.15) is 0 Å². The number of hydrogen-bond donors (Lipinski definition) is 2. The molecule has 84 valence electrons. The number of para-hydroxylation sites is 1. The number of anilines is 1. The summed E-state index contributed by atoms with van der Waals surface area (Å²) in [6.45, 7) is 0.0156. The molecule has 0 bridgehead atoms. The van der Waals surface area contributed by atoms with Gasteiger partial charge in [0.15, 0.2) is 0 Å². The molecule has 1 unspecified atom stereocenters. The van der Waals surface area contributed by atoms with E-state index in [1.807, 2.05) is 0 Å². The number of fused-ring (bicyclic) bond motifs is 1. The number of amides is 1. The number of rotatable bonds is 1. The van der Waals surface area contributed by atoms with Gasteiger partial charge in [-0.15, -0.1) is 0 Å². The highest BCUT2D eigenvalue weighted by Crippen LogP contribution is 2.29. The maximum absolute atomic E-state index is 11.0. The molecule has 0 radical (unpaired) electrons. The fraction of sp³-hybridized carbons (Fsp3) is 0.273. The molecule has 2 N–H and O–H groups in total. The van der Waals surface area contributed by atoms with Crippen LogP contribution in [0.1, 0.15) is 5.56 Å². The maximum atomic E-state index is 11.0. The van der Waals surface area contributed by atoms with E-state index in [1.54, 1.807) is 24.3 Å². The molecule has 1 heterocycles. The van der Waals surface area contributed by atoms with E-state index in [9.17, 15) is 9.59 Å². The van der Waals surface area contributed by atoms with Gasteiger partial charge in [-0.25, -0.2) is 4.79 Å². The van der Waals surface area contributed by atoms with Gasteiger partial charge in [-0.05, 0) is 18.1 Å². The molecule has 1 aliphatic heterocycles. The fourth-order valence-electron chi connectivity index (χ4n) is 1.94. The summed E-state index contributed by atoms with van der Waals surface area (Å²) in [7, 11) is 0. The molecule has 0 saturated carbocycles. The van der Waals surface area contributed by atoms with Gasteiger partial charge >= 0.3 is 12.1 Å². The van der Waals surface area contributed by atoms with Crippen molar-refractivity contribution in [3.05, 3.63) is 29.8 Å². The first kappa shape index (κ1) is 10.5. The van der Waals surface area contributed by atoms with Crippen molar-refractivity contribution in [2.24, 2.45) is 5.92 Å². The number of nitrogens with zero attached hydrogens (tertiary/aromatic N) is 1. The number of carboxylic acid groups (broad SMARTS) is 2. The number of carbonyl (C=O) groups is 2. The van der Waals surface area contributed by atoms with Crippen LogP contribution >= 0.6 is 0 Å². The average molecular weight is 221 g/mol. The lowest BCUT2D eigenvalue weighted by Crippen LogP contribution is -2.41. The summed E-state index contributed by atoms with van der Waals surface area (Å²) in [5, 5.41) is 18.0. The number of hydrogen-bond acceptors (Lipinski definition) is 2. The Morgan fingerprint density at radius 1 is 1.25 bits per heavy atom. The number of benzene rings is 1. The standard InChI is InChI=1S/C11H11NO4/c13-10(14)8-5-7-3-1-2-4-9(7)12(6-8)11(15)16/h1-4,8H,5-6H2,(H,13,14)(H,15,16). The molecular weight excluding hydrogens is 210 g/mol. The van der Waals surface area contributed by atoms with E-state index < -0.39 is 18.0 Å². The first-order valence-electron chi connectivity index (χ1n) is 4.90. The van der Waals surface area contributed by atoms with E-state index in [0.717, 1.165) is 10.5 Å². The Kier molecular flexibility index (Phi) is 2.52. The lowest BCUT2D eigenvalue weighted by molar-refractivity contribution is -0.141.